The van der Waals surface area contributed by atoms with Gasteiger partial charge in [0, 0.05) is 10.8 Å². The Morgan fingerprint density at radius 1 is 0.720 bits per heavy atom. The smallest absolute Gasteiger partial charge is 0.350 e. The molecule has 25 heavy (non-hydrogen) atoms. The molecule has 0 radical (unpaired) electrons. The third-order valence-corrected chi connectivity index (χ3v) is 4.14. The van der Waals surface area contributed by atoms with Crippen molar-refractivity contribution < 1.29 is 23.2 Å². The topological polar surface area (TPSA) is 69.7 Å². The van der Waals surface area contributed by atoms with Crippen LogP contribution in [0.5, 0.6) is 0 Å². The number of aryl methyl sites for hydroxylation is 2. The van der Waals surface area contributed by atoms with Gasteiger partial charge in [-0.2, -0.15) is 0 Å². The number of fused-ring (bicyclic) bond motifs is 2. The highest BCUT2D eigenvalue weighted by atomic mass is 16.6. The standard InChI is InChI=1S/C20H14O5/c1-11-17(13-7-3-5-9-15(13)23-11)19(21)25-20(22)18-12(2)24-16-10-6-4-8-14(16)18/h3-10H,1-2H3. The molecular formula is C20H14O5. The Balaban J connectivity index is 1.71. The molecule has 5 nitrogen and oxygen atoms in total. The van der Waals surface area contributed by atoms with Crippen molar-refractivity contribution in [3.8, 4) is 0 Å². The highest BCUT2D eigenvalue weighted by Crippen LogP contribution is 2.28. The van der Waals surface area contributed by atoms with Crippen LogP contribution in [0, 0.1) is 13.8 Å². The summed E-state index contributed by atoms with van der Waals surface area (Å²) in [5.41, 5.74) is 1.66. The van der Waals surface area contributed by atoms with Gasteiger partial charge in [0.1, 0.15) is 33.8 Å². The van der Waals surface area contributed by atoms with E-state index in [9.17, 15) is 9.59 Å². The van der Waals surface area contributed by atoms with E-state index in [1.165, 1.54) is 0 Å². The molecular weight excluding hydrogens is 320 g/mol. The number of carbonyl (C=O) groups is 2. The second-order valence-electron chi connectivity index (χ2n) is 5.74. The molecule has 0 aliphatic rings. The van der Waals surface area contributed by atoms with E-state index in [2.05, 4.69) is 0 Å². The average Bonchev–Trinajstić information content (AvgIpc) is 3.09. The minimum atomic E-state index is -0.739. The Labute approximate surface area is 142 Å². The van der Waals surface area contributed by atoms with E-state index < -0.39 is 11.9 Å². The molecule has 2 aromatic carbocycles. The monoisotopic (exact) mass is 334 g/mol. The highest BCUT2D eigenvalue weighted by molar-refractivity contribution is 6.13. The number of hydrogen-bond donors (Lipinski definition) is 0. The molecule has 2 aromatic heterocycles. The first-order chi connectivity index (χ1) is 12.1. The number of hydrogen-bond acceptors (Lipinski definition) is 5. The van der Waals surface area contributed by atoms with Crippen LogP contribution in [-0.4, -0.2) is 11.9 Å². The van der Waals surface area contributed by atoms with E-state index in [1.807, 2.05) is 12.1 Å². The second kappa shape index (κ2) is 5.63. The summed E-state index contributed by atoms with van der Waals surface area (Å²) in [6.07, 6.45) is 0. The molecule has 0 amide bonds. The number of rotatable bonds is 2. The van der Waals surface area contributed by atoms with Crippen molar-refractivity contribution >= 4 is 33.9 Å². The Bertz CT molecular complexity index is 1040. The lowest BCUT2D eigenvalue weighted by atomic mass is 10.1. The van der Waals surface area contributed by atoms with Crippen LogP contribution in [0.15, 0.2) is 57.4 Å². The van der Waals surface area contributed by atoms with Gasteiger partial charge in [0.25, 0.3) is 0 Å². The summed E-state index contributed by atoms with van der Waals surface area (Å²) in [5.74, 6) is -0.658. The minimum absolute atomic E-state index is 0.259. The van der Waals surface area contributed by atoms with E-state index in [-0.39, 0.29) is 11.1 Å². The van der Waals surface area contributed by atoms with E-state index in [0.717, 1.165) is 0 Å². The lowest BCUT2D eigenvalue weighted by Gasteiger charge is -2.02. The van der Waals surface area contributed by atoms with Crippen molar-refractivity contribution in [1.29, 1.82) is 0 Å². The van der Waals surface area contributed by atoms with E-state index in [4.69, 9.17) is 13.6 Å². The van der Waals surface area contributed by atoms with E-state index >= 15 is 0 Å². The molecule has 0 saturated carbocycles. The number of para-hydroxylation sites is 2. The fourth-order valence-electron chi connectivity index (χ4n) is 3.03. The van der Waals surface area contributed by atoms with Gasteiger partial charge in [-0.1, -0.05) is 36.4 Å². The van der Waals surface area contributed by atoms with Gasteiger partial charge >= 0.3 is 11.9 Å². The van der Waals surface area contributed by atoms with Gasteiger partial charge in [-0.25, -0.2) is 9.59 Å². The summed E-state index contributed by atoms with van der Waals surface area (Å²) in [5, 5.41) is 1.23. The van der Waals surface area contributed by atoms with Crippen molar-refractivity contribution in [3.05, 3.63) is 71.2 Å². The van der Waals surface area contributed by atoms with Crippen LogP contribution in [-0.2, 0) is 4.74 Å². The van der Waals surface area contributed by atoms with E-state index in [0.29, 0.717) is 33.5 Å². The van der Waals surface area contributed by atoms with Crippen LogP contribution in [0.4, 0.5) is 0 Å². The van der Waals surface area contributed by atoms with Gasteiger partial charge in [-0.3, -0.25) is 0 Å². The van der Waals surface area contributed by atoms with Gasteiger partial charge in [-0.15, -0.1) is 0 Å². The lowest BCUT2D eigenvalue weighted by molar-refractivity contribution is 0.0398. The summed E-state index contributed by atoms with van der Waals surface area (Å²) in [6, 6.07) is 14.2. The van der Waals surface area contributed by atoms with Crippen LogP contribution in [0.1, 0.15) is 32.2 Å². The van der Waals surface area contributed by atoms with Gasteiger partial charge in [0.05, 0.1) is 0 Å². The fourth-order valence-corrected chi connectivity index (χ4v) is 3.03. The molecule has 4 rings (SSSR count). The maximum absolute atomic E-state index is 12.6. The van der Waals surface area contributed by atoms with Crippen molar-refractivity contribution in [1.82, 2.24) is 0 Å². The molecule has 0 saturated heterocycles. The predicted molar refractivity (Wildman–Crippen MR) is 91.6 cm³/mol. The molecule has 4 aromatic rings. The Hall–Kier alpha value is -3.34. The maximum atomic E-state index is 12.6. The first kappa shape index (κ1) is 15.2. The van der Waals surface area contributed by atoms with Gasteiger partial charge in [-0.05, 0) is 26.0 Å². The molecule has 2 heterocycles. The van der Waals surface area contributed by atoms with E-state index in [1.54, 1.807) is 50.2 Å². The zero-order valence-corrected chi connectivity index (χ0v) is 13.7. The maximum Gasteiger partial charge on any atom is 0.350 e. The molecule has 0 unspecified atom stereocenters. The summed E-state index contributed by atoms with van der Waals surface area (Å²) in [6.45, 7) is 3.33. The zero-order valence-electron chi connectivity index (χ0n) is 13.7. The lowest BCUT2D eigenvalue weighted by Crippen LogP contribution is -2.13. The first-order valence-corrected chi connectivity index (χ1v) is 7.79. The van der Waals surface area contributed by atoms with Crippen LogP contribution in [0.2, 0.25) is 0 Å². The molecule has 124 valence electrons. The summed E-state index contributed by atoms with van der Waals surface area (Å²) in [7, 11) is 0. The van der Waals surface area contributed by atoms with Gasteiger partial charge < -0.3 is 13.6 Å². The van der Waals surface area contributed by atoms with Crippen molar-refractivity contribution in [2.45, 2.75) is 13.8 Å². The van der Waals surface area contributed by atoms with Crippen LogP contribution < -0.4 is 0 Å². The number of ether oxygens (including phenoxy) is 1. The Kier molecular flexibility index (Phi) is 3.42. The van der Waals surface area contributed by atoms with Crippen molar-refractivity contribution in [2.24, 2.45) is 0 Å². The van der Waals surface area contributed by atoms with Gasteiger partial charge in [0.2, 0.25) is 0 Å². The molecule has 0 bridgehead atoms. The third-order valence-electron chi connectivity index (χ3n) is 4.14. The molecule has 0 fully saturated rings. The minimum Gasteiger partial charge on any atom is -0.460 e. The molecule has 0 N–H and O–H groups in total. The number of furan rings is 2. The Morgan fingerprint density at radius 2 is 1.12 bits per heavy atom. The van der Waals surface area contributed by atoms with Crippen LogP contribution in [0.25, 0.3) is 21.9 Å². The average molecular weight is 334 g/mol. The summed E-state index contributed by atoms with van der Waals surface area (Å²) in [4.78, 5) is 25.1. The molecule has 0 atom stereocenters. The highest BCUT2D eigenvalue weighted by Gasteiger charge is 2.26. The Morgan fingerprint density at radius 3 is 1.56 bits per heavy atom. The number of carbonyl (C=O) groups excluding carboxylic acids is 2. The van der Waals surface area contributed by atoms with Crippen LogP contribution in [0.3, 0.4) is 0 Å². The SMILES string of the molecule is Cc1oc2ccccc2c1C(=O)OC(=O)c1c(C)oc2ccccc12. The second-order valence-corrected chi connectivity index (χ2v) is 5.74. The molecule has 0 spiro atoms. The van der Waals surface area contributed by atoms with Crippen molar-refractivity contribution in [2.75, 3.05) is 0 Å². The van der Waals surface area contributed by atoms with Gasteiger partial charge in [0.15, 0.2) is 0 Å². The van der Waals surface area contributed by atoms with Crippen molar-refractivity contribution in [3.63, 3.8) is 0 Å². The summed E-state index contributed by atoms with van der Waals surface area (Å²) < 4.78 is 16.2. The fraction of sp³-hybridized carbons (Fsp3) is 0.100. The molecule has 0 aliphatic carbocycles. The normalized spacial score (nSPS) is 11.1. The zero-order chi connectivity index (χ0) is 17.6. The number of benzene rings is 2. The summed E-state index contributed by atoms with van der Waals surface area (Å²) >= 11 is 0. The first-order valence-electron chi connectivity index (χ1n) is 7.79. The number of esters is 2. The predicted octanol–water partition coefficient (Wildman–Crippen LogP) is 4.79. The molecule has 5 heteroatoms. The molecule has 0 aliphatic heterocycles. The third kappa shape index (κ3) is 2.41. The largest absolute Gasteiger partial charge is 0.460 e. The van der Waals surface area contributed by atoms with Crippen LogP contribution >= 0.6 is 0 Å². The quantitative estimate of drug-likeness (QED) is 0.389.